The minimum atomic E-state index is -0.371. The fourth-order valence-electron chi connectivity index (χ4n) is 3.66. The number of aryl methyl sites for hydroxylation is 3. The van der Waals surface area contributed by atoms with Gasteiger partial charge in [0.05, 0.1) is 26.8 Å². The van der Waals surface area contributed by atoms with E-state index in [9.17, 15) is 14.3 Å². The van der Waals surface area contributed by atoms with Crippen molar-refractivity contribution >= 4 is 34.8 Å². The molecule has 8 heteroatoms. The average molecular weight is 482 g/mol. The summed E-state index contributed by atoms with van der Waals surface area (Å²) in [4.78, 5) is 18.3. The SMILES string of the molecule is Cc1nc(C)c(-c2nn(-c3ccc(F)cc3)cc2/C=C/C(=O)c2c(O)cc(C)c(Cl)c2C)s1. The molecule has 0 aliphatic carbocycles. The molecule has 0 fully saturated rings. The Morgan fingerprint density at radius 1 is 1.18 bits per heavy atom. The first-order valence-electron chi connectivity index (χ1n) is 10.2. The smallest absolute Gasteiger partial charge is 0.189 e. The number of hydrogen-bond acceptors (Lipinski definition) is 5. The Labute approximate surface area is 199 Å². The van der Waals surface area contributed by atoms with Gasteiger partial charge in [-0.1, -0.05) is 11.6 Å². The lowest BCUT2D eigenvalue weighted by molar-refractivity contribution is 0.104. The van der Waals surface area contributed by atoms with Gasteiger partial charge in [-0.15, -0.1) is 11.3 Å². The lowest BCUT2D eigenvalue weighted by Crippen LogP contribution is -2.00. The highest BCUT2D eigenvalue weighted by molar-refractivity contribution is 7.15. The molecule has 0 saturated carbocycles. The van der Waals surface area contributed by atoms with Crippen LogP contribution in [0.5, 0.6) is 5.75 Å². The lowest BCUT2D eigenvalue weighted by atomic mass is 10.00. The number of thiazole rings is 1. The third-order valence-corrected chi connectivity index (χ3v) is 6.93. The minimum Gasteiger partial charge on any atom is -0.507 e. The Morgan fingerprint density at radius 3 is 2.52 bits per heavy atom. The summed E-state index contributed by atoms with van der Waals surface area (Å²) in [6.07, 6.45) is 4.83. The van der Waals surface area contributed by atoms with Gasteiger partial charge >= 0.3 is 0 Å². The highest BCUT2D eigenvalue weighted by atomic mass is 35.5. The Balaban J connectivity index is 1.79. The number of rotatable bonds is 5. The summed E-state index contributed by atoms with van der Waals surface area (Å²) in [6, 6.07) is 7.48. The lowest BCUT2D eigenvalue weighted by Gasteiger charge is -2.09. The van der Waals surface area contributed by atoms with Crippen LogP contribution in [0.2, 0.25) is 5.02 Å². The van der Waals surface area contributed by atoms with Crippen LogP contribution < -0.4 is 0 Å². The summed E-state index contributed by atoms with van der Waals surface area (Å²) in [7, 11) is 0. The van der Waals surface area contributed by atoms with Gasteiger partial charge in [-0.2, -0.15) is 5.10 Å². The number of nitrogens with zero attached hydrogens (tertiary/aromatic N) is 3. The van der Waals surface area contributed by atoms with E-state index in [1.807, 2.05) is 13.8 Å². The van der Waals surface area contributed by atoms with E-state index in [0.29, 0.717) is 33.1 Å². The van der Waals surface area contributed by atoms with Gasteiger partial charge in [0.15, 0.2) is 5.78 Å². The van der Waals surface area contributed by atoms with Crippen LogP contribution in [0.1, 0.15) is 37.7 Å². The summed E-state index contributed by atoms with van der Waals surface area (Å²) in [6.45, 7) is 7.31. The van der Waals surface area contributed by atoms with E-state index in [1.54, 1.807) is 42.9 Å². The quantitative estimate of drug-likeness (QED) is 0.257. The van der Waals surface area contributed by atoms with Gasteiger partial charge in [0, 0.05) is 16.8 Å². The summed E-state index contributed by atoms with van der Waals surface area (Å²) in [5.41, 5.74) is 4.26. The molecule has 168 valence electrons. The van der Waals surface area contributed by atoms with Gasteiger partial charge in [0.25, 0.3) is 0 Å². The number of aromatic hydroxyl groups is 1. The van der Waals surface area contributed by atoms with E-state index in [0.717, 1.165) is 15.6 Å². The number of phenols is 1. The standard InChI is InChI=1S/C25H21ClFN3O2S/c1-13-11-21(32)22(14(2)23(13)26)20(31)10-5-17-12-30(19-8-6-18(27)7-9-19)29-24(17)25-15(3)28-16(4)33-25/h5-12,32H,1-4H3/b10-5+. The summed E-state index contributed by atoms with van der Waals surface area (Å²) in [5.74, 6) is -0.817. The van der Waals surface area contributed by atoms with Crippen molar-refractivity contribution in [3.8, 4) is 22.0 Å². The minimum absolute atomic E-state index is 0.111. The number of aromatic nitrogens is 3. The predicted octanol–water partition coefficient (Wildman–Crippen LogP) is 6.62. The first-order chi connectivity index (χ1) is 15.7. The van der Waals surface area contributed by atoms with Crippen LogP contribution in [0, 0.1) is 33.5 Å². The zero-order valence-corrected chi connectivity index (χ0v) is 20.1. The number of carbonyl (C=O) groups is 1. The maximum Gasteiger partial charge on any atom is 0.189 e. The molecule has 0 unspecified atom stereocenters. The number of allylic oxidation sites excluding steroid dienone is 1. The van der Waals surface area contributed by atoms with Crippen LogP contribution in [0.3, 0.4) is 0 Å². The number of hydrogen-bond donors (Lipinski definition) is 1. The van der Waals surface area contributed by atoms with Gasteiger partial charge in [0.1, 0.15) is 17.3 Å². The van der Waals surface area contributed by atoms with E-state index in [-0.39, 0.29) is 22.9 Å². The summed E-state index contributed by atoms with van der Waals surface area (Å²) >= 11 is 7.80. The van der Waals surface area contributed by atoms with E-state index in [4.69, 9.17) is 16.7 Å². The number of benzene rings is 2. The van der Waals surface area contributed by atoms with Crippen molar-refractivity contribution in [1.82, 2.24) is 14.8 Å². The number of carbonyl (C=O) groups excluding carboxylic acids is 1. The van der Waals surface area contributed by atoms with Crippen LogP contribution >= 0.6 is 22.9 Å². The summed E-state index contributed by atoms with van der Waals surface area (Å²) < 4.78 is 15.0. The molecule has 4 rings (SSSR count). The van der Waals surface area contributed by atoms with Gasteiger partial charge < -0.3 is 5.11 Å². The fourth-order valence-corrected chi connectivity index (χ4v) is 4.74. The number of phenolic OH excluding ortho intramolecular Hbond substituents is 1. The van der Waals surface area contributed by atoms with Crippen LogP contribution in [-0.2, 0) is 0 Å². The first kappa shape index (κ1) is 22.9. The van der Waals surface area contributed by atoms with Gasteiger partial charge in [0.2, 0.25) is 0 Å². The second-order valence-electron chi connectivity index (χ2n) is 7.73. The van der Waals surface area contributed by atoms with Gasteiger partial charge in [-0.3, -0.25) is 4.79 Å². The highest BCUT2D eigenvalue weighted by Gasteiger charge is 2.19. The van der Waals surface area contributed by atoms with E-state index < -0.39 is 0 Å². The Kier molecular flexibility index (Phi) is 6.19. The van der Waals surface area contributed by atoms with Crippen molar-refractivity contribution in [1.29, 1.82) is 0 Å². The molecule has 4 aromatic rings. The van der Waals surface area contributed by atoms with Crippen molar-refractivity contribution < 1.29 is 14.3 Å². The molecule has 0 spiro atoms. The molecule has 2 heterocycles. The maximum absolute atomic E-state index is 13.4. The molecular formula is C25H21ClFN3O2S. The van der Waals surface area contributed by atoms with Crippen LogP contribution in [-0.4, -0.2) is 25.7 Å². The molecule has 2 aromatic heterocycles. The van der Waals surface area contributed by atoms with Crippen molar-refractivity contribution in [3.05, 3.63) is 86.4 Å². The van der Waals surface area contributed by atoms with Crippen molar-refractivity contribution in [3.63, 3.8) is 0 Å². The van der Waals surface area contributed by atoms with Gasteiger partial charge in [-0.25, -0.2) is 14.1 Å². The molecule has 33 heavy (non-hydrogen) atoms. The highest BCUT2D eigenvalue weighted by Crippen LogP contribution is 2.34. The Morgan fingerprint density at radius 2 is 1.88 bits per heavy atom. The van der Waals surface area contributed by atoms with E-state index in [1.165, 1.54) is 35.6 Å². The zero-order chi connectivity index (χ0) is 23.9. The molecule has 5 nitrogen and oxygen atoms in total. The van der Waals surface area contributed by atoms with Crippen LogP contribution in [0.15, 0.2) is 42.6 Å². The second kappa shape index (κ2) is 8.92. The maximum atomic E-state index is 13.4. The molecule has 0 aliphatic rings. The normalized spacial score (nSPS) is 11.5. The zero-order valence-electron chi connectivity index (χ0n) is 18.5. The molecule has 0 radical (unpaired) electrons. The fraction of sp³-hybridized carbons (Fsp3) is 0.160. The Bertz CT molecular complexity index is 1400. The third-order valence-electron chi connectivity index (χ3n) is 5.27. The average Bonchev–Trinajstić information content (AvgIpc) is 3.33. The number of halogens is 2. The van der Waals surface area contributed by atoms with Crippen LogP contribution in [0.25, 0.3) is 22.3 Å². The van der Waals surface area contributed by atoms with Crippen molar-refractivity contribution in [2.45, 2.75) is 27.7 Å². The van der Waals surface area contributed by atoms with Gasteiger partial charge in [-0.05, 0) is 81.3 Å². The topological polar surface area (TPSA) is 68.0 Å². The summed E-state index contributed by atoms with van der Waals surface area (Å²) in [5, 5.41) is 16.4. The third kappa shape index (κ3) is 4.47. The second-order valence-corrected chi connectivity index (χ2v) is 9.31. The molecule has 2 aromatic carbocycles. The number of ketones is 1. The van der Waals surface area contributed by atoms with E-state index >= 15 is 0 Å². The van der Waals surface area contributed by atoms with Crippen molar-refractivity contribution in [2.75, 3.05) is 0 Å². The predicted molar refractivity (Wildman–Crippen MR) is 130 cm³/mol. The molecule has 0 saturated heterocycles. The monoisotopic (exact) mass is 481 g/mol. The Hall–Kier alpha value is -3.29. The largest absolute Gasteiger partial charge is 0.507 e. The first-order valence-corrected chi connectivity index (χ1v) is 11.4. The van der Waals surface area contributed by atoms with Crippen molar-refractivity contribution in [2.24, 2.45) is 0 Å². The van der Waals surface area contributed by atoms with E-state index in [2.05, 4.69) is 4.98 Å². The molecule has 0 bridgehead atoms. The molecule has 0 aliphatic heterocycles. The molecule has 0 amide bonds. The molecule has 1 N–H and O–H groups in total. The molecule has 0 atom stereocenters. The molecular weight excluding hydrogens is 461 g/mol. The van der Waals surface area contributed by atoms with Crippen LogP contribution in [0.4, 0.5) is 4.39 Å².